The maximum atomic E-state index is 9.17. The van der Waals surface area contributed by atoms with Crippen LogP contribution >= 0.6 is 0 Å². The van der Waals surface area contributed by atoms with Crippen molar-refractivity contribution < 1.29 is 5.11 Å². The van der Waals surface area contributed by atoms with Gasteiger partial charge in [-0.25, -0.2) is 5.01 Å². The number of nitrogens with one attached hydrogen (secondary N) is 1. The van der Waals surface area contributed by atoms with Crippen LogP contribution in [0.15, 0.2) is 24.3 Å². The molecule has 1 heterocycles. The number of benzene rings is 1. The molecule has 4 heteroatoms. The van der Waals surface area contributed by atoms with Gasteiger partial charge in [0.25, 0.3) is 0 Å². The highest BCUT2D eigenvalue weighted by atomic mass is 16.3. The van der Waals surface area contributed by atoms with E-state index >= 15 is 0 Å². The number of hydrogen-bond acceptors (Lipinski definition) is 4. The third kappa shape index (κ3) is 3.20. The van der Waals surface area contributed by atoms with E-state index in [1.807, 2.05) is 12.1 Å². The summed E-state index contributed by atoms with van der Waals surface area (Å²) in [6, 6.07) is 7.33. The molecular weight excluding hydrogens is 202 g/mol. The Morgan fingerprint density at radius 2 is 1.75 bits per heavy atom. The van der Waals surface area contributed by atoms with E-state index in [0.29, 0.717) is 5.75 Å². The summed E-state index contributed by atoms with van der Waals surface area (Å²) < 4.78 is 0. The summed E-state index contributed by atoms with van der Waals surface area (Å²) in [4.78, 5) is 2.33. The molecule has 2 N–H and O–H groups in total. The molecule has 1 saturated heterocycles. The first-order chi connectivity index (χ1) is 7.74. The second-order valence-electron chi connectivity index (χ2n) is 4.29. The number of hydrogen-bond donors (Lipinski definition) is 2. The Morgan fingerprint density at radius 1 is 1.12 bits per heavy atom. The van der Waals surface area contributed by atoms with Crippen molar-refractivity contribution in [2.24, 2.45) is 0 Å². The van der Waals surface area contributed by atoms with Gasteiger partial charge in [0, 0.05) is 32.7 Å². The molecule has 0 amide bonds. The second-order valence-corrected chi connectivity index (χ2v) is 4.29. The van der Waals surface area contributed by atoms with E-state index in [0.717, 1.165) is 32.7 Å². The van der Waals surface area contributed by atoms with E-state index in [1.54, 1.807) is 12.1 Å². The molecule has 0 saturated carbocycles. The lowest BCUT2D eigenvalue weighted by atomic mass is 10.2. The second kappa shape index (κ2) is 5.30. The largest absolute Gasteiger partial charge is 0.508 e. The smallest absolute Gasteiger partial charge is 0.115 e. The van der Waals surface area contributed by atoms with Crippen LogP contribution in [0.2, 0.25) is 0 Å². The molecule has 4 nitrogen and oxygen atoms in total. The van der Waals surface area contributed by atoms with Crippen molar-refractivity contribution in [3.05, 3.63) is 29.8 Å². The molecule has 1 aliphatic heterocycles. The minimum atomic E-state index is 0.323. The van der Waals surface area contributed by atoms with Gasteiger partial charge in [-0.1, -0.05) is 12.1 Å². The summed E-state index contributed by atoms with van der Waals surface area (Å²) in [5.41, 5.74) is 4.59. The summed E-state index contributed by atoms with van der Waals surface area (Å²) in [6.07, 6.45) is 0. The van der Waals surface area contributed by atoms with E-state index in [4.69, 9.17) is 5.11 Å². The number of rotatable bonds is 3. The Kier molecular flexibility index (Phi) is 3.77. The van der Waals surface area contributed by atoms with Crippen molar-refractivity contribution in [1.82, 2.24) is 15.3 Å². The standard InChI is InChI=1S/C12H19N3O/c1-14-6-8-15(9-7-14)13-10-11-2-4-12(16)5-3-11/h2-5,13,16H,6-10H2,1H3. The summed E-state index contributed by atoms with van der Waals surface area (Å²) >= 11 is 0. The van der Waals surface area contributed by atoms with Crippen molar-refractivity contribution in [1.29, 1.82) is 0 Å². The topological polar surface area (TPSA) is 38.7 Å². The minimum Gasteiger partial charge on any atom is -0.508 e. The lowest BCUT2D eigenvalue weighted by molar-refractivity contribution is 0.102. The number of piperazine rings is 1. The molecule has 1 aromatic carbocycles. The van der Waals surface area contributed by atoms with Crippen LogP contribution in [0, 0.1) is 0 Å². The van der Waals surface area contributed by atoms with Gasteiger partial charge < -0.3 is 10.0 Å². The van der Waals surface area contributed by atoms with Gasteiger partial charge in [0.15, 0.2) is 0 Å². The van der Waals surface area contributed by atoms with Crippen molar-refractivity contribution in [2.45, 2.75) is 6.54 Å². The third-order valence-electron chi connectivity index (χ3n) is 2.95. The highest BCUT2D eigenvalue weighted by Gasteiger charge is 2.12. The van der Waals surface area contributed by atoms with Crippen LogP contribution in [-0.4, -0.2) is 48.2 Å². The summed E-state index contributed by atoms with van der Waals surface area (Å²) in [5.74, 6) is 0.323. The van der Waals surface area contributed by atoms with Crippen molar-refractivity contribution in [3.63, 3.8) is 0 Å². The zero-order chi connectivity index (χ0) is 11.4. The first-order valence-corrected chi connectivity index (χ1v) is 5.69. The van der Waals surface area contributed by atoms with Crippen molar-refractivity contribution in [2.75, 3.05) is 33.2 Å². The maximum Gasteiger partial charge on any atom is 0.115 e. The van der Waals surface area contributed by atoms with Gasteiger partial charge in [-0.2, -0.15) is 0 Å². The molecular formula is C12H19N3O. The van der Waals surface area contributed by atoms with E-state index in [2.05, 4.69) is 22.4 Å². The minimum absolute atomic E-state index is 0.323. The fraction of sp³-hybridized carbons (Fsp3) is 0.500. The molecule has 1 aromatic rings. The molecule has 0 aromatic heterocycles. The molecule has 0 aliphatic carbocycles. The zero-order valence-corrected chi connectivity index (χ0v) is 9.69. The normalized spacial score (nSPS) is 18.8. The Labute approximate surface area is 96.4 Å². The van der Waals surface area contributed by atoms with E-state index in [9.17, 15) is 0 Å². The lowest BCUT2D eigenvalue weighted by Crippen LogP contribution is -2.50. The molecule has 0 radical (unpaired) electrons. The molecule has 16 heavy (non-hydrogen) atoms. The molecule has 0 bridgehead atoms. The Morgan fingerprint density at radius 3 is 2.38 bits per heavy atom. The predicted octanol–water partition coefficient (Wildman–Crippen LogP) is 0.644. The van der Waals surface area contributed by atoms with Crippen LogP contribution in [-0.2, 0) is 6.54 Å². The van der Waals surface area contributed by atoms with Crippen LogP contribution in [0.3, 0.4) is 0 Å². The molecule has 2 rings (SSSR count). The van der Waals surface area contributed by atoms with Crippen LogP contribution < -0.4 is 5.43 Å². The molecule has 0 unspecified atom stereocenters. The van der Waals surface area contributed by atoms with Gasteiger partial charge in [0.1, 0.15) is 5.75 Å². The molecule has 0 atom stereocenters. The molecule has 88 valence electrons. The van der Waals surface area contributed by atoms with Crippen LogP contribution in [0.25, 0.3) is 0 Å². The third-order valence-corrected chi connectivity index (χ3v) is 2.95. The number of nitrogens with zero attached hydrogens (tertiary/aromatic N) is 2. The predicted molar refractivity (Wildman–Crippen MR) is 64.0 cm³/mol. The number of hydrazine groups is 1. The van der Waals surface area contributed by atoms with Gasteiger partial charge in [-0.15, -0.1) is 0 Å². The van der Waals surface area contributed by atoms with Gasteiger partial charge in [0.05, 0.1) is 0 Å². The van der Waals surface area contributed by atoms with Crippen LogP contribution in [0.1, 0.15) is 5.56 Å². The quantitative estimate of drug-likeness (QED) is 0.786. The fourth-order valence-corrected chi connectivity index (χ4v) is 1.78. The fourth-order valence-electron chi connectivity index (χ4n) is 1.78. The van der Waals surface area contributed by atoms with Gasteiger partial charge in [0.2, 0.25) is 0 Å². The van der Waals surface area contributed by atoms with Gasteiger partial charge in [-0.05, 0) is 24.7 Å². The highest BCUT2D eigenvalue weighted by molar-refractivity contribution is 5.25. The zero-order valence-electron chi connectivity index (χ0n) is 9.69. The van der Waals surface area contributed by atoms with Crippen molar-refractivity contribution in [3.8, 4) is 5.75 Å². The van der Waals surface area contributed by atoms with Crippen LogP contribution in [0.5, 0.6) is 5.75 Å². The summed E-state index contributed by atoms with van der Waals surface area (Å²) in [5, 5.41) is 11.4. The number of phenolic OH excluding ortho intramolecular Hbond substituents is 1. The number of phenols is 1. The highest BCUT2D eigenvalue weighted by Crippen LogP contribution is 2.09. The molecule has 0 spiro atoms. The summed E-state index contributed by atoms with van der Waals surface area (Å²) in [6.45, 7) is 5.18. The Hall–Kier alpha value is -1.10. The van der Waals surface area contributed by atoms with E-state index in [-0.39, 0.29) is 0 Å². The lowest BCUT2D eigenvalue weighted by Gasteiger charge is -2.32. The van der Waals surface area contributed by atoms with Gasteiger partial charge >= 0.3 is 0 Å². The average Bonchev–Trinajstić information content (AvgIpc) is 2.30. The molecule has 1 fully saturated rings. The first-order valence-electron chi connectivity index (χ1n) is 5.69. The van der Waals surface area contributed by atoms with Crippen molar-refractivity contribution >= 4 is 0 Å². The number of likely N-dealkylation sites (N-methyl/N-ethyl adjacent to an activating group) is 1. The van der Waals surface area contributed by atoms with E-state index in [1.165, 1.54) is 5.56 Å². The average molecular weight is 221 g/mol. The molecule has 1 aliphatic rings. The Balaban J connectivity index is 1.77. The van der Waals surface area contributed by atoms with Gasteiger partial charge in [-0.3, -0.25) is 5.43 Å². The SMILES string of the molecule is CN1CCN(NCc2ccc(O)cc2)CC1. The Bertz CT molecular complexity index is 318. The van der Waals surface area contributed by atoms with Crippen LogP contribution in [0.4, 0.5) is 0 Å². The maximum absolute atomic E-state index is 9.17. The number of aromatic hydroxyl groups is 1. The summed E-state index contributed by atoms with van der Waals surface area (Å²) in [7, 11) is 2.15. The first kappa shape index (κ1) is 11.4. The van der Waals surface area contributed by atoms with E-state index < -0.39 is 0 Å². The monoisotopic (exact) mass is 221 g/mol.